The minimum absolute atomic E-state index is 0.300. The molecule has 2 aromatic rings. The molecule has 5 nitrogen and oxygen atoms in total. The zero-order chi connectivity index (χ0) is 16.7. The van der Waals surface area contributed by atoms with E-state index in [1.807, 2.05) is 0 Å². The van der Waals surface area contributed by atoms with Gasteiger partial charge in [0, 0.05) is 12.4 Å². The molecule has 0 bridgehead atoms. The highest BCUT2D eigenvalue weighted by Gasteiger charge is 2.05. The molecule has 0 saturated heterocycles. The van der Waals surface area contributed by atoms with Crippen molar-refractivity contribution < 1.29 is 14.2 Å². The molecule has 2 heterocycles. The Bertz CT molecular complexity index is 602. The number of pyridine rings is 2. The summed E-state index contributed by atoms with van der Waals surface area (Å²) in [4.78, 5) is 7.94. The smallest absolute Gasteiger partial charge is 0.232 e. The molecule has 0 unspecified atom stereocenters. The second kappa shape index (κ2) is 9.35. The van der Waals surface area contributed by atoms with Gasteiger partial charge in [0.05, 0.1) is 23.3 Å². The van der Waals surface area contributed by atoms with Crippen LogP contribution in [0.4, 0.5) is 0 Å². The largest absolute Gasteiger partial charge is 0.474 e. The van der Waals surface area contributed by atoms with Gasteiger partial charge in [0.2, 0.25) is 11.8 Å². The number of rotatable bonds is 8. The van der Waals surface area contributed by atoms with Gasteiger partial charge in [-0.1, -0.05) is 46.4 Å². The molecular weight excluding hydrogens is 386 g/mol. The van der Waals surface area contributed by atoms with E-state index in [1.165, 1.54) is 12.4 Å². The Labute approximate surface area is 153 Å². The Morgan fingerprint density at radius 1 is 0.696 bits per heavy atom. The second-order valence-corrected chi connectivity index (χ2v) is 5.88. The average molecular weight is 398 g/mol. The van der Waals surface area contributed by atoms with Gasteiger partial charge in [-0.25, -0.2) is 9.97 Å². The van der Waals surface area contributed by atoms with Crippen molar-refractivity contribution in [3.05, 3.63) is 44.6 Å². The van der Waals surface area contributed by atoms with E-state index in [0.29, 0.717) is 58.3 Å². The monoisotopic (exact) mass is 396 g/mol. The quantitative estimate of drug-likeness (QED) is 0.611. The standard InChI is InChI=1S/C14H12Cl4N2O3/c15-9-5-11(17)13(19-7-9)22-3-1-21-2-4-23-14-12(18)6-10(16)8-20-14/h5-8H,1-4H2. The summed E-state index contributed by atoms with van der Waals surface area (Å²) in [7, 11) is 0. The third kappa shape index (κ3) is 6.20. The van der Waals surface area contributed by atoms with E-state index in [2.05, 4.69) is 9.97 Å². The van der Waals surface area contributed by atoms with Gasteiger partial charge in [-0.2, -0.15) is 0 Å². The molecule has 0 saturated carbocycles. The fraction of sp³-hybridized carbons (Fsp3) is 0.286. The van der Waals surface area contributed by atoms with Crippen molar-refractivity contribution in [3.63, 3.8) is 0 Å². The SMILES string of the molecule is Clc1cnc(OCCOCCOc2ncc(Cl)cc2Cl)c(Cl)c1. The van der Waals surface area contributed by atoms with Crippen molar-refractivity contribution in [2.24, 2.45) is 0 Å². The molecule has 2 aromatic heterocycles. The first-order chi connectivity index (χ1) is 11.1. The van der Waals surface area contributed by atoms with Gasteiger partial charge in [-0.15, -0.1) is 0 Å². The van der Waals surface area contributed by atoms with Gasteiger partial charge >= 0.3 is 0 Å². The van der Waals surface area contributed by atoms with E-state index >= 15 is 0 Å². The van der Waals surface area contributed by atoms with E-state index in [1.54, 1.807) is 12.1 Å². The Morgan fingerprint density at radius 3 is 1.52 bits per heavy atom. The molecule has 0 radical (unpaired) electrons. The van der Waals surface area contributed by atoms with Gasteiger partial charge in [0.15, 0.2) is 0 Å². The average Bonchev–Trinajstić information content (AvgIpc) is 2.50. The Morgan fingerprint density at radius 2 is 1.13 bits per heavy atom. The minimum Gasteiger partial charge on any atom is -0.474 e. The number of nitrogens with zero attached hydrogens (tertiary/aromatic N) is 2. The van der Waals surface area contributed by atoms with Crippen LogP contribution in [0.25, 0.3) is 0 Å². The highest BCUT2D eigenvalue weighted by atomic mass is 35.5. The van der Waals surface area contributed by atoms with Crippen molar-refractivity contribution in [2.45, 2.75) is 0 Å². The summed E-state index contributed by atoms with van der Waals surface area (Å²) in [6.45, 7) is 1.31. The van der Waals surface area contributed by atoms with Crippen molar-refractivity contribution in [2.75, 3.05) is 26.4 Å². The molecule has 0 N–H and O–H groups in total. The van der Waals surface area contributed by atoms with Crippen LogP contribution in [0.1, 0.15) is 0 Å². The highest BCUT2D eigenvalue weighted by molar-refractivity contribution is 6.35. The number of halogens is 4. The van der Waals surface area contributed by atoms with Crippen molar-refractivity contribution in [1.82, 2.24) is 9.97 Å². The summed E-state index contributed by atoms with van der Waals surface area (Å²) < 4.78 is 16.1. The summed E-state index contributed by atoms with van der Waals surface area (Å²) in [6.07, 6.45) is 2.92. The molecule has 0 atom stereocenters. The molecule has 0 aliphatic rings. The maximum absolute atomic E-state index is 5.92. The van der Waals surface area contributed by atoms with Crippen LogP contribution in [0.15, 0.2) is 24.5 Å². The number of hydrogen-bond donors (Lipinski definition) is 0. The third-order valence-corrected chi connectivity index (χ3v) is 3.44. The van der Waals surface area contributed by atoms with Crippen LogP contribution in [0.5, 0.6) is 11.8 Å². The summed E-state index contributed by atoms with van der Waals surface area (Å²) in [6, 6.07) is 3.12. The van der Waals surface area contributed by atoms with Gasteiger partial charge < -0.3 is 14.2 Å². The van der Waals surface area contributed by atoms with E-state index in [-0.39, 0.29) is 0 Å². The maximum atomic E-state index is 5.92. The minimum atomic E-state index is 0.300. The number of ether oxygens (including phenoxy) is 3. The molecule has 124 valence electrons. The molecule has 0 aromatic carbocycles. The fourth-order valence-electron chi connectivity index (χ4n) is 1.51. The molecule has 23 heavy (non-hydrogen) atoms. The summed E-state index contributed by atoms with van der Waals surface area (Å²) in [5.74, 6) is 0.626. The van der Waals surface area contributed by atoms with Crippen LogP contribution in [-0.2, 0) is 4.74 Å². The molecule has 2 rings (SSSR count). The lowest BCUT2D eigenvalue weighted by Crippen LogP contribution is -2.13. The Kier molecular flexibility index (Phi) is 7.46. The van der Waals surface area contributed by atoms with Crippen LogP contribution in [0, 0.1) is 0 Å². The third-order valence-electron chi connectivity index (χ3n) is 2.48. The summed E-state index contributed by atoms with van der Waals surface area (Å²) in [5, 5.41) is 1.60. The van der Waals surface area contributed by atoms with Crippen molar-refractivity contribution >= 4 is 46.4 Å². The van der Waals surface area contributed by atoms with Crippen LogP contribution in [0.2, 0.25) is 20.1 Å². The molecule has 0 aliphatic heterocycles. The molecule has 0 fully saturated rings. The molecule has 0 amide bonds. The van der Waals surface area contributed by atoms with Crippen LogP contribution >= 0.6 is 46.4 Å². The van der Waals surface area contributed by atoms with E-state index in [0.717, 1.165) is 0 Å². The molecule has 0 spiro atoms. The highest BCUT2D eigenvalue weighted by Crippen LogP contribution is 2.25. The van der Waals surface area contributed by atoms with Crippen molar-refractivity contribution in [3.8, 4) is 11.8 Å². The van der Waals surface area contributed by atoms with Gasteiger partial charge in [0.25, 0.3) is 0 Å². The number of aromatic nitrogens is 2. The van der Waals surface area contributed by atoms with E-state index in [9.17, 15) is 0 Å². The summed E-state index contributed by atoms with van der Waals surface area (Å²) in [5.41, 5.74) is 0. The summed E-state index contributed by atoms with van der Waals surface area (Å²) >= 11 is 23.3. The Hall–Kier alpha value is -0.980. The first kappa shape index (κ1) is 18.4. The molecule has 0 aliphatic carbocycles. The van der Waals surface area contributed by atoms with Crippen molar-refractivity contribution in [1.29, 1.82) is 0 Å². The fourth-order valence-corrected chi connectivity index (χ4v) is 2.38. The topological polar surface area (TPSA) is 53.5 Å². The van der Waals surface area contributed by atoms with Gasteiger partial charge in [0.1, 0.15) is 23.3 Å². The Balaban J connectivity index is 1.61. The lowest BCUT2D eigenvalue weighted by Gasteiger charge is -2.09. The van der Waals surface area contributed by atoms with Crippen LogP contribution in [-0.4, -0.2) is 36.4 Å². The second-order valence-electron chi connectivity index (χ2n) is 4.19. The predicted octanol–water partition coefficient (Wildman–Crippen LogP) is 4.56. The lowest BCUT2D eigenvalue weighted by molar-refractivity contribution is 0.0743. The predicted molar refractivity (Wildman–Crippen MR) is 90.3 cm³/mol. The zero-order valence-corrected chi connectivity index (χ0v) is 14.8. The van der Waals surface area contributed by atoms with Gasteiger partial charge in [-0.05, 0) is 12.1 Å². The van der Waals surface area contributed by atoms with E-state index in [4.69, 9.17) is 60.6 Å². The van der Waals surface area contributed by atoms with Crippen LogP contribution in [0.3, 0.4) is 0 Å². The van der Waals surface area contributed by atoms with Crippen LogP contribution < -0.4 is 9.47 Å². The van der Waals surface area contributed by atoms with E-state index < -0.39 is 0 Å². The van der Waals surface area contributed by atoms with Gasteiger partial charge in [-0.3, -0.25) is 0 Å². The molecule has 9 heteroatoms. The normalized spacial score (nSPS) is 10.6. The number of hydrogen-bond acceptors (Lipinski definition) is 5. The maximum Gasteiger partial charge on any atom is 0.232 e. The first-order valence-electron chi connectivity index (χ1n) is 6.51. The molecular formula is C14H12Cl4N2O3. The zero-order valence-electron chi connectivity index (χ0n) is 11.8. The lowest BCUT2D eigenvalue weighted by atomic mass is 10.5. The first-order valence-corrected chi connectivity index (χ1v) is 8.03.